The highest BCUT2D eigenvalue weighted by atomic mass is 19.3. The van der Waals surface area contributed by atoms with E-state index in [9.17, 15) is 22.8 Å². The van der Waals surface area contributed by atoms with E-state index in [1.807, 2.05) is 0 Å². The largest absolute Gasteiger partial charge is 0.364 e. The molecule has 0 saturated heterocycles. The van der Waals surface area contributed by atoms with Gasteiger partial charge >= 0.3 is 0 Å². The molecular formula is C15H15F3N2O2. The van der Waals surface area contributed by atoms with E-state index in [2.05, 4.69) is 4.98 Å². The molecule has 0 fully saturated rings. The van der Waals surface area contributed by atoms with Crippen molar-refractivity contribution in [2.75, 3.05) is 0 Å². The van der Waals surface area contributed by atoms with Crippen molar-refractivity contribution in [2.24, 2.45) is 5.73 Å². The molecule has 0 aliphatic heterocycles. The van der Waals surface area contributed by atoms with Crippen LogP contribution in [0.2, 0.25) is 0 Å². The minimum Gasteiger partial charge on any atom is -0.364 e. The molecule has 4 nitrogen and oxygen atoms in total. The zero-order chi connectivity index (χ0) is 16.4. The van der Waals surface area contributed by atoms with Gasteiger partial charge in [0.05, 0.1) is 0 Å². The number of H-pyrrole nitrogens is 1. The number of nitrogens with one attached hydrogen (secondary N) is 1. The highest BCUT2D eigenvalue weighted by Gasteiger charge is 2.19. The number of carbonyl (C=O) groups excluding carboxylic acids is 2. The van der Waals surface area contributed by atoms with Gasteiger partial charge in [-0.05, 0) is 43.0 Å². The lowest BCUT2D eigenvalue weighted by Gasteiger charge is -2.03. The van der Waals surface area contributed by atoms with Gasteiger partial charge in [0.1, 0.15) is 11.5 Å². The van der Waals surface area contributed by atoms with Gasteiger partial charge in [-0.15, -0.1) is 0 Å². The Labute approximate surface area is 124 Å². The van der Waals surface area contributed by atoms with Crippen molar-refractivity contribution < 1.29 is 22.8 Å². The molecule has 0 radical (unpaired) electrons. The molecule has 2 aromatic rings. The number of Topliss-reactive ketones (excluding diaryl/α,β-unsaturated/α-hetero) is 1. The van der Waals surface area contributed by atoms with Gasteiger partial charge < -0.3 is 10.7 Å². The highest BCUT2D eigenvalue weighted by molar-refractivity contribution is 6.00. The number of carbonyl (C=O) groups is 2. The van der Waals surface area contributed by atoms with Crippen molar-refractivity contribution in [1.82, 2.24) is 4.98 Å². The molecule has 0 atom stereocenters. The second kappa shape index (κ2) is 6.21. The summed E-state index contributed by atoms with van der Waals surface area (Å²) in [5.74, 6) is -2.28. The summed E-state index contributed by atoms with van der Waals surface area (Å²) in [4.78, 5) is 25.2. The van der Waals surface area contributed by atoms with Crippen molar-refractivity contribution in [3.05, 3.63) is 34.8 Å². The Bertz CT molecular complexity index is 738. The lowest BCUT2D eigenvalue weighted by Crippen LogP contribution is -2.14. The van der Waals surface area contributed by atoms with Gasteiger partial charge in [-0.25, -0.2) is 13.2 Å². The third kappa shape index (κ3) is 3.13. The standard InChI is InChI=1S/C15H15F3N2O2/c1-7-5-9-8(3-2-4-12(21)14(17)18)13(15(19)22)20-11(9)6-10(7)16/h5-6,14,20H,2-4H2,1H3,(H2,19,22). The van der Waals surface area contributed by atoms with Gasteiger partial charge in [0.2, 0.25) is 0 Å². The minimum atomic E-state index is -2.99. The first-order valence-corrected chi connectivity index (χ1v) is 6.72. The van der Waals surface area contributed by atoms with Crippen LogP contribution in [-0.2, 0) is 11.2 Å². The normalized spacial score (nSPS) is 11.3. The topological polar surface area (TPSA) is 76.0 Å². The molecule has 0 unspecified atom stereocenters. The predicted octanol–water partition coefficient (Wildman–Crippen LogP) is 2.87. The van der Waals surface area contributed by atoms with Crippen LogP contribution in [0.5, 0.6) is 0 Å². The van der Waals surface area contributed by atoms with Crippen LogP contribution in [0.25, 0.3) is 10.9 Å². The number of benzene rings is 1. The van der Waals surface area contributed by atoms with Crippen molar-refractivity contribution in [1.29, 1.82) is 0 Å². The maximum Gasteiger partial charge on any atom is 0.295 e. The number of hydrogen-bond acceptors (Lipinski definition) is 2. The van der Waals surface area contributed by atoms with Gasteiger partial charge in [-0.1, -0.05) is 0 Å². The fraction of sp³-hybridized carbons (Fsp3) is 0.333. The molecule has 0 spiro atoms. The number of aryl methyl sites for hydroxylation is 2. The molecular weight excluding hydrogens is 297 g/mol. The number of nitrogens with two attached hydrogens (primary N) is 1. The van der Waals surface area contributed by atoms with E-state index in [1.165, 1.54) is 6.07 Å². The SMILES string of the molecule is Cc1cc2c(CCCC(=O)C(F)F)c(C(N)=O)[nH]c2cc1F. The molecule has 0 aliphatic rings. The van der Waals surface area contributed by atoms with Crippen molar-refractivity contribution in [3.63, 3.8) is 0 Å². The maximum atomic E-state index is 13.6. The van der Waals surface area contributed by atoms with Crippen LogP contribution < -0.4 is 5.73 Å². The Kier molecular flexibility index (Phi) is 4.54. The smallest absolute Gasteiger partial charge is 0.295 e. The van der Waals surface area contributed by atoms with Crippen molar-refractivity contribution >= 4 is 22.6 Å². The number of amides is 1. The van der Waals surface area contributed by atoms with Crippen LogP contribution in [0.1, 0.15) is 34.5 Å². The van der Waals surface area contributed by atoms with E-state index in [-0.39, 0.29) is 25.0 Å². The first-order chi connectivity index (χ1) is 10.3. The van der Waals surface area contributed by atoms with Crippen molar-refractivity contribution in [2.45, 2.75) is 32.6 Å². The number of fused-ring (bicyclic) bond motifs is 1. The van der Waals surface area contributed by atoms with Crippen LogP contribution in [0.4, 0.5) is 13.2 Å². The molecule has 1 aromatic carbocycles. The summed E-state index contributed by atoms with van der Waals surface area (Å²) in [5.41, 5.74) is 6.72. The predicted molar refractivity (Wildman–Crippen MR) is 75.5 cm³/mol. The van der Waals surface area contributed by atoms with E-state index in [0.29, 0.717) is 22.0 Å². The monoisotopic (exact) mass is 312 g/mol. The van der Waals surface area contributed by atoms with Crippen LogP contribution in [-0.4, -0.2) is 23.1 Å². The van der Waals surface area contributed by atoms with Gasteiger partial charge in [-0.2, -0.15) is 0 Å². The van der Waals surface area contributed by atoms with E-state index in [0.717, 1.165) is 0 Å². The Hall–Kier alpha value is -2.31. The summed E-state index contributed by atoms with van der Waals surface area (Å²) in [6.45, 7) is 1.58. The number of primary amides is 1. The first kappa shape index (κ1) is 16.1. The van der Waals surface area contributed by atoms with E-state index < -0.39 is 23.9 Å². The van der Waals surface area contributed by atoms with Crippen LogP contribution in [0, 0.1) is 12.7 Å². The number of alkyl halides is 2. The van der Waals surface area contributed by atoms with Gasteiger partial charge in [0.25, 0.3) is 12.3 Å². The van der Waals surface area contributed by atoms with E-state index in [1.54, 1.807) is 13.0 Å². The summed E-state index contributed by atoms with van der Waals surface area (Å²) >= 11 is 0. The molecule has 0 saturated carbocycles. The third-order valence-corrected chi connectivity index (χ3v) is 3.53. The number of ketones is 1. The molecule has 118 valence electrons. The zero-order valence-electron chi connectivity index (χ0n) is 11.9. The third-order valence-electron chi connectivity index (χ3n) is 3.53. The van der Waals surface area contributed by atoms with Gasteiger partial charge in [0.15, 0.2) is 5.78 Å². The summed E-state index contributed by atoms with van der Waals surface area (Å²) in [7, 11) is 0. The fourth-order valence-electron chi connectivity index (χ4n) is 2.40. The van der Waals surface area contributed by atoms with Crippen LogP contribution in [0.15, 0.2) is 12.1 Å². The first-order valence-electron chi connectivity index (χ1n) is 6.72. The van der Waals surface area contributed by atoms with Crippen LogP contribution >= 0.6 is 0 Å². The quantitative estimate of drug-likeness (QED) is 0.860. The molecule has 0 bridgehead atoms. The summed E-state index contributed by atoms with van der Waals surface area (Å²) in [6, 6.07) is 2.82. The summed E-state index contributed by atoms with van der Waals surface area (Å²) in [6.07, 6.45) is -2.90. The number of rotatable bonds is 6. The lowest BCUT2D eigenvalue weighted by atomic mass is 10.0. The zero-order valence-corrected chi connectivity index (χ0v) is 11.9. The fourth-order valence-corrected chi connectivity index (χ4v) is 2.40. The Morgan fingerprint density at radius 3 is 2.59 bits per heavy atom. The summed E-state index contributed by atoms with van der Waals surface area (Å²) in [5, 5.41) is 0.609. The molecule has 7 heteroatoms. The van der Waals surface area contributed by atoms with Crippen LogP contribution in [0.3, 0.4) is 0 Å². The van der Waals surface area contributed by atoms with E-state index in [4.69, 9.17) is 5.73 Å². The second-order valence-corrected chi connectivity index (χ2v) is 5.11. The number of aromatic nitrogens is 1. The highest BCUT2D eigenvalue weighted by Crippen LogP contribution is 2.27. The molecule has 1 heterocycles. The minimum absolute atomic E-state index is 0.115. The average Bonchev–Trinajstić information content (AvgIpc) is 2.77. The Balaban J connectivity index is 2.34. The molecule has 3 N–H and O–H groups in total. The number of aromatic amines is 1. The molecule has 1 aromatic heterocycles. The number of hydrogen-bond donors (Lipinski definition) is 2. The second-order valence-electron chi connectivity index (χ2n) is 5.11. The molecule has 2 rings (SSSR count). The summed E-state index contributed by atoms with van der Waals surface area (Å²) < 4.78 is 37.9. The lowest BCUT2D eigenvalue weighted by molar-refractivity contribution is -0.129. The molecule has 1 amide bonds. The Morgan fingerprint density at radius 2 is 2.00 bits per heavy atom. The molecule has 0 aliphatic carbocycles. The molecule has 22 heavy (non-hydrogen) atoms. The van der Waals surface area contributed by atoms with Gasteiger partial charge in [-0.3, -0.25) is 9.59 Å². The van der Waals surface area contributed by atoms with E-state index >= 15 is 0 Å². The van der Waals surface area contributed by atoms with Gasteiger partial charge in [0, 0.05) is 17.3 Å². The number of halogens is 3. The van der Waals surface area contributed by atoms with Crippen molar-refractivity contribution in [3.8, 4) is 0 Å². The maximum absolute atomic E-state index is 13.6. The average molecular weight is 312 g/mol. The Morgan fingerprint density at radius 1 is 1.32 bits per heavy atom.